The zero-order valence-corrected chi connectivity index (χ0v) is 10.6. The van der Waals surface area contributed by atoms with Crippen LogP contribution in [-0.4, -0.2) is 25.5 Å². The topological polar surface area (TPSA) is 3.24 Å². The SMILES string of the molecule is CC=C(C)CN(C)C.[CH3-].[Y]. The maximum atomic E-state index is 2.16. The van der Waals surface area contributed by atoms with Crippen molar-refractivity contribution < 1.29 is 32.7 Å². The fourth-order valence-electron chi connectivity index (χ4n) is 0.590. The quantitative estimate of drug-likeness (QED) is 0.505. The Morgan fingerprint density at radius 1 is 1.40 bits per heavy atom. The third-order valence-electron chi connectivity index (χ3n) is 1.06. The molecule has 0 spiro atoms. The molecule has 0 aliphatic carbocycles. The Balaban J connectivity index is -0.000000245. The Labute approximate surface area is 90.8 Å². The molecule has 1 nitrogen and oxygen atoms in total. The van der Waals surface area contributed by atoms with Gasteiger partial charge in [0.15, 0.2) is 0 Å². The first-order valence-electron chi connectivity index (χ1n) is 2.93. The monoisotopic (exact) mass is 217 g/mol. The van der Waals surface area contributed by atoms with E-state index < -0.39 is 0 Å². The van der Waals surface area contributed by atoms with E-state index in [4.69, 9.17) is 0 Å². The van der Waals surface area contributed by atoms with E-state index in [1.807, 2.05) is 0 Å². The predicted molar refractivity (Wildman–Crippen MR) is 44.4 cm³/mol. The number of likely N-dealkylation sites (N-methyl/N-ethyl adjacent to an activating group) is 1. The van der Waals surface area contributed by atoms with Gasteiger partial charge in [0, 0.05) is 39.3 Å². The Hall–Kier alpha value is 0.804. The molecule has 59 valence electrons. The van der Waals surface area contributed by atoms with Gasteiger partial charge in [-0.05, 0) is 27.9 Å². The van der Waals surface area contributed by atoms with Crippen molar-refractivity contribution >= 4 is 0 Å². The zero-order chi connectivity index (χ0) is 6.57. The van der Waals surface area contributed by atoms with Crippen LogP contribution in [0.3, 0.4) is 0 Å². The minimum Gasteiger partial charge on any atom is -0.358 e. The van der Waals surface area contributed by atoms with Crippen molar-refractivity contribution in [2.24, 2.45) is 0 Å². The molecule has 10 heavy (non-hydrogen) atoms. The minimum absolute atomic E-state index is 0. The van der Waals surface area contributed by atoms with Crippen LogP contribution in [0.1, 0.15) is 13.8 Å². The summed E-state index contributed by atoms with van der Waals surface area (Å²) in [6.07, 6.45) is 2.14. The van der Waals surface area contributed by atoms with Crippen LogP contribution in [0, 0.1) is 7.43 Å². The summed E-state index contributed by atoms with van der Waals surface area (Å²) in [5, 5.41) is 0. The zero-order valence-electron chi connectivity index (χ0n) is 7.81. The van der Waals surface area contributed by atoms with Gasteiger partial charge in [0.05, 0.1) is 0 Å². The van der Waals surface area contributed by atoms with Crippen molar-refractivity contribution in [2.75, 3.05) is 20.6 Å². The van der Waals surface area contributed by atoms with E-state index >= 15 is 0 Å². The van der Waals surface area contributed by atoms with Crippen molar-refractivity contribution in [3.63, 3.8) is 0 Å². The average molecular weight is 217 g/mol. The number of allylic oxidation sites excluding steroid dienone is 1. The molecule has 0 atom stereocenters. The van der Waals surface area contributed by atoms with E-state index in [1.165, 1.54) is 5.57 Å². The first-order chi connectivity index (χ1) is 3.66. The molecule has 0 fully saturated rings. The fourth-order valence-corrected chi connectivity index (χ4v) is 0.590. The molecule has 0 aromatic rings. The maximum Gasteiger partial charge on any atom is 0.0183 e. The van der Waals surface area contributed by atoms with Crippen LogP contribution in [-0.2, 0) is 32.7 Å². The molecule has 0 heterocycles. The minimum atomic E-state index is 0. The standard InChI is InChI=1S/C7H15N.CH3.Y/c1-5-7(2)6-8(3)4;;/h5H,6H2,1-4H3;1H3;/q;-1;. The van der Waals surface area contributed by atoms with Gasteiger partial charge in [0.25, 0.3) is 0 Å². The fraction of sp³-hybridized carbons (Fsp3) is 0.625. The first-order valence-corrected chi connectivity index (χ1v) is 2.93. The van der Waals surface area contributed by atoms with Crippen molar-refractivity contribution in [1.82, 2.24) is 4.90 Å². The van der Waals surface area contributed by atoms with Crippen LogP contribution in [0.4, 0.5) is 0 Å². The Bertz CT molecular complexity index is 87.3. The molecule has 0 aliphatic heterocycles. The van der Waals surface area contributed by atoms with Gasteiger partial charge in [-0.25, -0.2) is 0 Å². The smallest absolute Gasteiger partial charge is 0.0183 e. The van der Waals surface area contributed by atoms with Gasteiger partial charge in [-0.15, -0.1) is 0 Å². The van der Waals surface area contributed by atoms with Crippen LogP contribution in [0.25, 0.3) is 0 Å². The Morgan fingerprint density at radius 2 is 1.80 bits per heavy atom. The second kappa shape index (κ2) is 9.80. The van der Waals surface area contributed by atoms with E-state index in [0.29, 0.717) is 0 Å². The molecule has 0 saturated heterocycles. The molecule has 0 rings (SSSR count). The summed E-state index contributed by atoms with van der Waals surface area (Å²) >= 11 is 0. The van der Waals surface area contributed by atoms with Crippen LogP contribution in [0.2, 0.25) is 0 Å². The van der Waals surface area contributed by atoms with Crippen LogP contribution in [0.15, 0.2) is 11.6 Å². The van der Waals surface area contributed by atoms with E-state index in [2.05, 4.69) is 38.9 Å². The van der Waals surface area contributed by atoms with E-state index in [1.54, 1.807) is 0 Å². The molecule has 0 amide bonds. The molecule has 0 aromatic carbocycles. The first kappa shape index (κ1) is 17.1. The molecular weight excluding hydrogens is 199 g/mol. The molecule has 0 aliphatic rings. The summed E-state index contributed by atoms with van der Waals surface area (Å²) < 4.78 is 0. The van der Waals surface area contributed by atoms with E-state index in [0.717, 1.165) is 6.54 Å². The molecule has 1 radical (unpaired) electrons. The number of nitrogens with zero attached hydrogens (tertiary/aromatic N) is 1. The van der Waals surface area contributed by atoms with Gasteiger partial charge in [0.2, 0.25) is 0 Å². The molecular formula is C8H18NY-. The van der Waals surface area contributed by atoms with Crippen molar-refractivity contribution in [1.29, 1.82) is 0 Å². The molecule has 0 saturated carbocycles. The summed E-state index contributed by atoms with van der Waals surface area (Å²) in [6.45, 7) is 5.29. The molecule has 0 unspecified atom stereocenters. The molecule has 0 N–H and O–H groups in total. The second-order valence-electron chi connectivity index (χ2n) is 2.37. The third kappa shape index (κ3) is 11.6. The Morgan fingerprint density at radius 3 is 1.90 bits per heavy atom. The van der Waals surface area contributed by atoms with Gasteiger partial charge in [-0.3, -0.25) is 0 Å². The third-order valence-corrected chi connectivity index (χ3v) is 1.06. The maximum absolute atomic E-state index is 2.16. The van der Waals surface area contributed by atoms with Crippen molar-refractivity contribution in [2.45, 2.75) is 13.8 Å². The van der Waals surface area contributed by atoms with Gasteiger partial charge >= 0.3 is 0 Å². The van der Waals surface area contributed by atoms with Gasteiger partial charge in [-0.2, -0.15) is 0 Å². The largest absolute Gasteiger partial charge is 0.358 e. The average Bonchev–Trinajstić information content (AvgIpc) is 1.65. The summed E-state index contributed by atoms with van der Waals surface area (Å²) in [5.74, 6) is 0. The van der Waals surface area contributed by atoms with E-state index in [-0.39, 0.29) is 40.1 Å². The van der Waals surface area contributed by atoms with Crippen LogP contribution >= 0.6 is 0 Å². The van der Waals surface area contributed by atoms with Crippen molar-refractivity contribution in [3.8, 4) is 0 Å². The molecule has 2 heteroatoms. The molecule has 0 bridgehead atoms. The van der Waals surface area contributed by atoms with Gasteiger partial charge < -0.3 is 12.3 Å². The van der Waals surface area contributed by atoms with Crippen molar-refractivity contribution in [3.05, 3.63) is 19.1 Å². The number of rotatable bonds is 2. The Kier molecular flexibility index (Phi) is 16.7. The predicted octanol–water partition coefficient (Wildman–Crippen LogP) is 1.96. The van der Waals surface area contributed by atoms with Gasteiger partial charge in [-0.1, -0.05) is 11.6 Å². The van der Waals surface area contributed by atoms with Gasteiger partial charge in [0.1, 0.15) is 0 Å². The van der Waals surface area contributed by atoms with Crippen LogP contribution in [0.5, 0.6) is 0 Å². The van der Waals surface area contributed by atoms with Crippen LogP contribution < -0.4 is 0 Å². The summed E-state index contributed by atoms with van der Waals surface area (Å²) in [7, 11) is 4.15. The number of hydrogen-bond acceptors (Lipinski definition) is 1. The summed E-state index contributed by atoms with van der Waals surface area (Å²) in [4.78, 5) is 2.16. The second-order valence-corrected chi connectivity index (χ2v) is 2.37. The van der Waals surface area contributed by atoms with E-state index in [9.17, 15) is 0 Å². The molecule has 0 aromatic heterocycles. The normalized spacial score (nSPS) is 10.3. The number of hydrogen-bond donors (Lipinski definition) is 0. The summed E-state index contributed by atoms with van der Waals surface area (Å²) in [5.41, 5.74) is 1.43. The summed E-state index contributed by atoms with van der Waals surface area (Å²) in [6, 6.07) is 0.